The van der Waals surface area contributed by atoms with Gasteiger partial charge >= 0.3 is 0 Å². The Kier molecular flexibility index (Phi) is 7.20. The molecule has 0 aliphatic carbocycles. The van der Waals surface area contributed by atoms with E-state index < -0.39 is 10.0 Å². The zero-order valence-electron chi connectivity index (χ0n) is 14.9. The molecule has 0 heterocycles. The molecule has 0 atom stereocenters. The summed E-state index contributed by atoms with van der Waals surface area (Å²) in [7, 11) is -3.46. The van der Waals surface area contributed by atoms with Crippen LogP contribution in [0.5, 0.6) is 0 Å². The van der Waals surface area contributed by atoms with Gasteiger partial charge in [-0.2, -0.15) is 0 Å². The zero-order chi connectivity index (χ0) is 19.2. The third-order valence-corrected chi connectivity index (χ3v) is 5.84. The Morgan fingerprint density at radius 1 is 1.12 bits per heavy atom. The van der Waals surface area contributed by atoms with E-state index in [4.69, 9.17) is 11.6 Å². The van der Waals surface area contributed by atoms with Gasteiger partial charge in [0.1, 0.15) is 0 Å². The van der Waals surface area contributed by atoms with Crippen molar-refractivity contribution in [2.45, 2.75) is 38.0 Å². The first-order valence-corrected chi connectivity index (χ1v) is 10.3. The van der Waals surface area contributed by atoms with Crippen LogP contribution in [0.2, 0.25) is 5.02 Å². The number of rotatable bonds is 8. The lowest BCUT2D eigenvalue weighted by atomic mass is 10.1. The Balaban J connectivity index is 1.93. The van der Waals surface area contributed by atoms with Gasteiger partial charge in [-0.05, 0) is 55.2 Å². The fourth-order valence-electron chi connectivity index (χ4n) is 2.37. The topological polar surface area (TPSA) is 75.3 Å². The monoisotopic (exact) mass is 394 g/mol. The number of carbonyl (C=O) groups excluding carboxylic acids is 1. The molecule has 0 aromatic heterocycles. The summed E-state index contributed by atoms with van der Waals surface area (Å²) < 4.78 is 26.6. The van der Waals surface area contributed by atoms with Crippen molar-refractivity contribution in [3.05, 3.63) is 58.6 Å². The number of halogens is 1. The van der Waals surface area contributed by atoms with Crippen molar-refractivity contribution in [3.8, 4) is 0 Å². The van der Waals surface area contributed by atoms with Crippen molar-refractivity contribution in [1.82, 2.24) is 4.72 Å². The highest BCUT2D eigenvalue weighted by Crippen LogP contribution is 2.23. The minimum absolute atomic E-state index is 0.114. The number of hydrogen-bond donors (Lipinski definition) is 2. The molecular formula is C19H23ClN2O3S. The van der Waals surface area contributed by atoms with Gasteiger partial charge in [0, 0.05) is 23.7 Å². The molecular weight excluding hydrogens is 372 g/mol. The summed E-state index contributed by atoms with van der Waals surface area (Å²) >= 11 is 6.05. The Morgan fingerprint density at radius 3 is 2.46 bits per heavy atom. The van der Waals surface area contributed by atoms with E-state index in [1.807, 2.05) is 19.9 Å². The second-order valence-electron chi connectivity index (χ2n) is 6.00. The zero-order valence-corrected chi connectivity index (χ0v) is 16.5. The van der Waals surface area contributed by atoms with E-state index >= 15 is 0 Å². The second-order valence-corrected chi connectivity index (χ2v) is 8.18. The Labute approximate surface area is 159 Å². The van der Waals surface area contributed by atoms with Crippen LogP contribution in [-0.4, -0.2) is 20.9 Å². The molecule has 0 radical (unpaired) electrons. The number of anilines is 1. The smallest absolute Gasteiger partial charge is 0.240 e. The lowest BCUT2D eigenvalue weighted by molar-refractivity contribution is -0.116. The molecule has 0 aliphatic heterocycles. The number of carbonyl (C=O) groups is 1. The third-order valence-electron chi connectivity index (χ3n) is 3.96. The van der Waals surface area contributed by atoms with Crippen LogP contribution in [0.15, 0.2) is 47.4 Å². The van der Waals surface area contributed by atoms with Crippen molar-refractivity contribution in [2.24, 2.45) is 0 Å². The summed E-state index contributed by atoms with van der Waals surface area (Å²) in [5.74, 6) is -0.114. The fraction of sp³-hybridized carbons (Fsp3) is 0.316. The van der Waals surface area contributed by atoms with Crippen LogP contribution in [0.25, 0.3) is 0 Å². The summed E-state index contributed by atoms with van der Waals surface area (Å²) in [5.41, 5.74) is 2.43. The third kappa shape index (κ3) is 5.56. The number of benzene rings is 2. The molecule has 2 N–H and O–H groups in total. The van der Waals surface area contributed by atoms with Gasteiger partial charge in [0.05, 0.1) is 4.90 Å². The molecule has 7 heteroatoms. The lowest BCUT2D eigenvalue weighted by Crippen LogP contribution is -2.24. The minimum atomic E-state index is -3.46. The molecule has 0 unspecified atom stereocenters. The van der Waals surface area contributed by atoms with Gasteiger partial charge in [-0.1, -0.05) is 36.7 Å². The summed E-state index contributed by atoms with van der Waals surface area (Å²) in [6.07, 6.45) is 1.55. The molecule has 0 saturated heterocycles. The van der Waals surface area contributed by atoms with Crippen LogP contribution in [0.1, 0.15) is 30.9 Å². The largest absolute Gasteiger partial charge is 0.326 e. The van der Waals surface area contributed by atoms with Gasteiger partial charge in [0.25, 0.3) is 0 Å². The van der Waals surface area contributed by atoms with Crippen molar-refractivity contribution in [1.29, 1.82) is 0 Å². The summed E-state index contributed by atoms with van der Waals surface area (Å²) in [6, 6.07) is 12.0. The van der Waals surface area contributed by atoms with Crippen molar-refractivity contribution < 1.29 is 13.2 Å². The molecule has 5 nitrogen and oxygen atoms in total. The quantitative estimate of drug-likeness (QED) is 0.712. The van der Waals surface area contributed by atoms with Crippen molar-refractivity contribution in [3.63, 3.8) is 0 Å². The Bertz CT molecular complexity index is 865. The van der Waals surface area contributed by atoms with Gasteiger partial charge in [0.2, 0.25) is 15.9 Å². The maximum atomic E-state index is 12.1. The molecule has 26 heavy (non-hydrogen) atoms. The Hall–Kier alpha value is -1.89. The number of sulfonamides is 1. The van der Waals surface area contributed by atoms with Crippen LogP contribution < -0.4 is 10.0 Å². The molecule has 0 bridgehead atoms. The van der Waals surface area contributed by atoms with Gasteiger partial charge in [-0.15, -0.1) is 0 Å². The lowest BCUT2D eigenvalue weighted by Gasteiger charge is -2.10. The van der Waals surface area contributed by atoms with Crippen LogP contribution in [0, 0.1) is 6.92 Å². The fourth-order valence-corrected chi connectivity index (χ4v) is 3.68. The molecule has 0 aliphatic rings. The molecule has 0 saturated carbocycles. The van der Waals surface area contributed by atoms with E-state index in [9.17, 15) is 13.2 Å². The van der Waals surface area contributed by atoms with Crippen LogP contribution in [-0.2, 0) is 21.2 Å². The van der Waals surface area contributed by atoms with Crippen LogP contribution >= 0.6 is 11.6 Å². The highest BCUT2D eigenvalue weighted by Gasteiger charge is 2.13. The standard InChI is InChI=1S/C19H23ClN2O3S/c1-3-13-21-26(24,25)16-10-7-15(8-11-16)9-12-19(23)22-18-6-4-5-17(20)14(18)2/h4-8,10-11,21H,3,9,12-13H2,1-2H3,(H,22,23). The maximum absolute atomic E-state index is 12.1. The van der Waals surface area contributed by atoms with Crippen molar-refractivity contribution >= 4 is 33.2 Å². The molecule has 0 fully saturated rings. The predicted molar refractivity (Wildman–Crippen MR) is 105 cm³/mol. The molecule has 0 spiro atoms. The van der Waals surface area contributed by atoms with E-state index in [-0.39, 0.29) is 10.8 Å². The average molecular weight is 395 g/mol. The number of nitrogens with one attached hydrogen (secondary N) is 2. The molecule has 2 aromatic carbocycles. The highest BCUT2D eigenvalue weighted by molar-refractivity contribution is 7.89. The van der Waals surface area contributed by atoms with Gasteiger partial charge < -0.3 is 5.32 Å². The van der Waals surface area contributed by atoms with E-state index in [1.54, 1.807) is 36.4 Å². The molecule has 1 amide bonds. The Morgan fingerprint density at radius 2 is 1.81 bits per heavy atom. The predicted octanol–water partition coefficient (Wildman–Crippen LogP) is 3.91. The molecule has 2 aromatic rings. The summed E-state index contributed by atoms with van der Waals surface area (Å²) in [4.78, 5) is 12.4. The van der Waals surface area contributed by atoms with Crippen LogP contribution in [0.4, 0.5) is 5.69 Å². The first-order chi connectivity index (χ1) is 12.3. The van der Waals surface area contributed by atoms with E-state index in [0.29, 0.717) is 30.1 Å². The van der Waals surface area contributed by atoms with Crippen LogP contribution in [0.3, 0.4) is 0 Å². The average Bonchev–Trinajstić information content (AvgIpc) is 2.62. The van der Waals surface area contributed by atoms with E-state index in [2.05, 4.69) is 10.0 Å². The van der Waals surface area contributed by atoms with E-state index in [1.165, 1.54) is 0 Å². The maximum Gasteiger partial charge on any atom is 0.240 e. The van der Waals surface area contributed by atoms with Gasteiger partial charge in [0.15, 0.2) is 0 Å². The normalized spacial score (nSPS) is 11.3. The highest BCUT2D eigenvalue weighted by atomic mass is 35.5. The minimum Gasteiger partial charge on any atom is -0.326 e. The molecule has 2 rings (SSSR count). The number of hydrogen-bond acceptors (Lipinski definition) is 3. The second kappa shape index (κ2) is 9.16. The first kappa shape index (κ1) is 20.4. The first-order valence-electron chi connectivity index (χ1n) is 8.47. The van der Waals surface area contributed by atoms with Gasteiger partial charge in [-0.3, -0.25) is 4.79 Å². The van der Waals surface area contributed by atoms with Crippen molar-refractivity contribution in [2.75, 3.05) is 11.9 Å². The van der Waals surface area contributed by atoms with Gasteiger partial charge in [-0.25, -0.2) is 13.1 Å². The van der Waals surface area contributed by atoms with E-state index in [0.717, 1.165) is 17.5 Å². The molecule has 140 valence electrons. The SMILES string of the molecule is CCCNS(=O)(=O)c1ccc(CCC(=O)Nc2cccc(Cl)c2C)cc1. The summed E-state index contributed by atoms with van der Waals surface area (Å²) in [6.45, 7) is 4.17. The number of amides is 1. The summed E-state index contributed by atoms with van der Waals surface area (Å²) in [5, 5.41) is 3.46. The number of aryl methyl sites for hydroxylation is 1.